The van der Waals surface area contributed by atoms with E-state index in [-0.39, 0.29) is 5.91 Å². The fourth-order valence-corrected chi connectivity index (χ4v) is 3.08. The van der Waals surface area contributed by atoms with E-state index in [1.54, 1.807) is 12.4 Å². The molecule has 0 bridgehead atoms. The first-order valence-electron chi connectivity index (χ1n) is 7.29. The van der Waals surface area contributed by atoms with Gasteiger partial charge in [-0.2, -0.15) is 0 Å². The van der Waals surface area contributed by atoms with Crippen LogP contribution in [-0.2, 0) is 0 Å². The smallest absolute Gasteiger partial charge is 0.274 e. The summed E-state index contributed by atoms with van der Waals surface area (Å²) in [4.78, 5) is 24.7. The van der Waals surface area contributed by atoms with Gasteiger partial charge in [0.05, 0.1) is 6.20 Å². The molecule has 2 aliphatic rings. The largest absolute Gasteiger partial charge is 0.336 e. The van der Waals surface area contributed by atoms with Crippen LogP contribution in [0.15, 0.2) is 18.6 Å². The number of hydrogen-bond donors (Lipinski definition) is 1. The molecule has 2 aliphatic heterocycles. The summed E-state index contributed by atoms with van der Waals surface area (Å²) in [6.07, 6.45) is 7.85. The molecule has 1 aromatic heterocycles. The van der Waals surface area contributed by atoms with Crippen molar-refractivity contribution in [3.63, 3.8) is 0 Å². The monoisotopic (exact) mass is 275 g/mol. The van der Waals surface area contributed by atoms with E-state index in [1.165, 1.54) is 6.20 Å². The Morgan fingerprint density at radius 3 is 2.70 bits per heavy atom. The molecule has 0 saturated carbocycles. The van der Waals surface area contributed by atoms with Crippen LogP contribution >= 0.6 is 0 Å². The van der Waals surface area contributed by atoms with Crippen LogP contribution in [0.25, 0.3) is 0 Å². The second kappa shape index (κ2) is 5.85. The van der Waals surface area contributed by atoms with Gasteiger partial charge in [0.25, 0.3) is 5.91 Å². The van der Waals surface area contributed by atoms with Crippen molar-refractivity contribution in [3.8, 4) is 0 Å². The van der Waals surface area contributed by atoms with Gasteiger partial charge in [0.15, 0.2) is 0 Å². The van der Waals surface area contributed by atoms with E-state index in [1.807, 2.05) is 4.90 Å². The predicted molar refractivity (Wildman–Crippen MR) is 75.1 cm³/mol. The Labute approximate surface area is 119 Å². The van der Waals surface area contributed by atoms with Gasteiger partial charge in [0, 0.05) is 37.6 Å². The lowest BCUT2D eigenvalue weighted by Gasteiger charge is -2.34. The highest BCUT2D eigenvalue weighted by Gasteiger charge is 2.32. The number of nitrogens with two attached hydrogens (primary N) is 1. The minimum atomic E-state index is -0.00527. The number of rotatable bonds is 2. The summed E-state index contributed by atoms with van der Waals surface area (Å²) in [7, 11) is 0. The van der Waals surface area contributed by atoms with E-state index in [0.29, 0.717) is 17.8 Å². The van der Waals surface area contributed by atoms with Gasteiger partial charge in [-0.05, 0) is 32.4 Å². The lowest BCUT2D eigenvalue weighted by Crippen LogP contribution is -2.46. The standard InChI is InChI=1S/C14H21N5O/c15-11-1-6-18(7-2-11)12-3-8-19(10-12)14(20)13-9-16-4-5-17-13/h4-5,9,11-12H,1-3,6-8,10,15H2. The number of nitrogens with zero attached hydrogens (tertiary/aromatic N) is 4. The molecule has 3 heterocycles. The van der Waals surface area contributed by atoms with Crippen molar-refractivity contribution in [2.75, 3.05) is 26.2 Å². The summed E-state index contributed by atoms with van der Waals surface area (Å²) in [5.74, 6) is -0.00527. The molecule has 0 aliphatic carbocycles. The molecule has 6 heteroatoms. The second-order valence-electron chi connectivity index (χ2n) is 5.66. The molecule has 1 unspecified atom stereocenters. The third-order valence-corrected chi connectivity index (χ3v) is 4.32. The Hall–Kier alpha value is -1.53. The van der Waals surface area contributed by atoms with Crippen molar-refractivity contribution in [1.82, 2.24) is 19.8 Å². The van der Waals surface area contributed by atoms with Crippen molar-refractivity contribution in [1.29, 1.82) is 0 Å². The topological polar surface area (TPSA) is 75.3 Å². The Morgan fingerprint density at radius 2 is 2.00 bits per heavy atom. The molecule has 1 aromatic rings. The summed E-state index contributed by atoms with van der Waals surface area (Å²) in [6.45, 7) is 3.71. The Kier molecular flexibility index (Phi) is 3.93. The van der Waals surface area contributed by atoms with Crippen LogP contribution in [-0.4, -0.2) is 63.9 Å². The normalized spacial score (nSPS) is 25.1. The van der Waals surface area contributed by atoms with Crippen molar-refractivity contribution < 1.29 is 4.79 Å². The second-order valence-corrected chi connectivity index (χ2v) is 5.66. The van der Waals surface area contributed by atoms with Gasteiger partial charge in [-0.3, -0.25) is 14.7 Å². The van der Waals surface area contributed by atoms with E-state index in [2.05, 4.69) is 14.9 Å². The average molecular weight is 275 g/mol. The van der Waals surface area contributed by atoms with Gasteiger partial charge in [-0.1, -0.05) is 0 Å². The Morgan fingerprint density at radius 1 is 1.20 bits per heavy atom. The summed E-state index contributed by atoms with van der Waals surface area (Å²) in [5, 5.41) is 0. The molecule has 20 heavy (non-hydrogen) atoms. The maximum atomic E-state index is 12.3. The van der Waals surface area contributed by atoms with E-state index >= 15 is 0 Å². The molecule has 1 atom stereocenters. The zero-order valence-corrected chi connectivity index (χ0v) is 11.6. The first-order valence-corrected chi connectivity index (χ1v) is 7.29. The van der Waals surface area contributed by atoms with Crippen molar-refractivity contribution in [3.05, 3.63) is 24.3 Å². The highest BCUT2D eigenvalue weighted by atomic mass is 16.2. The SMILES string of the molecule is NC1CCN(C2CCN(C(=O)c3cnccn3)C2)CC1. The van der Waals surface area contributed by atoms with Crippen molar-refractivity contribution in [2.45, 2.75) is 31.3 Å². The predicted octanol–water partition coefficient (Wildman–Crippen LogP) is 0.114. The molecule has 0 aromatic carbocycles. The fourth-order valence-electron chi connectivity index (χ4n) is 3.08. The maximum Gasteiger partial charge on any atom is 0.274 e. The molecular weight excluding hydrogens is 254 g/mol. The zero-order valence-electron chi connectivity index (χ0n) is 11.6. The molecule has 1 amide bonds. The third-order valence-electron chi connectivity index (χ3n) is 4.32. The Balaban J connectivity index is 1.58. The van der Waals surface area contributed by atoms with Gasteiger partial charge >= 0.3 is 0 Å². The summed E-state index contributed by atoms with van der Waals surface area (Å²) >= 11 is 0. The quantitative estimate of drug-likeness (QED) is 0.829. The highest BCUT2D eigenvalue weighted by molar-refractivity contribution is 5.92. The number of amides is 1. The number of carbonyl (C=O) groups excluding carboxylic acids is 1. The van der Waals surface area contributed by atoms with Gasteiger partial charge in [0.1, 0.15) is 5.69 Å². The van der Waals surface area contributed by atoms with Gasteiger partial charge < -0.3 is 10.6 Å². The average Bonchev–Trinajstić information content (AvgIpc) is 2.98. The van der Waals surface area contributed by atoms with E-state index in [0.717, 1.165) is 45.4 Å². The van der Waals surface area contributed by atoms with Crippen LogP contribution < -0.4 is 5.73 Å². The summed E-state index contributed by atoms with van der Waals surface area (Å²) < 4.78 is 0. The van der Waals surface area contributed by atoms with Crippen LogP contribution in [0.1, 0.15) is 29.8 Å². The number of piperidine rings is 1. The number of likely N-dealkylation sites (tertiary alicyclic amines) is 2. The van der Waals surface area contributed by atoms with Gasteiger partial charge in [0.2, 0.25) is 0 Å². The first-order chi connectivity index (χ1) is 9.74. The fraction of sp³-hybridized carbons (Fsp3) is 0.643. The van der Waals surface area contributed by atoms with E-state index in [9.17, 15) is 4.79 Å². The van der Waals surface area contributed by atoms with Crippen LogP contribution in [0, 0.1) is 0 Å². The zero-order chi connectivity index (χ0) is 13.9. The summed E-state index contributed by atoms with van der Waals surface area (Å²) in [5.41, 5.74) is 6.38. The molecule has 2 fully saturated rings. The van der Waals surface area contributed by atoms with Crippen LogP contribution in [0.2, 0.25) is 0 Å². The van der Waals surface area contributed by atoms with E-state index in [4.69, 9.17) is 5.73 Å². The molecule has 0 spiro atoms. The molecule has 3 rings (SSSR count). The lowest BCUT2D eigenvalue weighted by atomic mass is 10.0. The maximum absolute atomic E-state index is 12.3. The lowest BCUT2D eigenvalue weighted by molar-refractivity contribution is 0.0763. The van der Waals surface area contributed by atoms with Crippen LogP contribution in [0.5, 0.6) is 0 Å². The third kappa shape index (κ3) is 2.81. The van der Waals surface area contributed by atoms with Crippen LogP contribution in [0.4, 0.5) is 0 Å². The molecule has 0 radical (unpaired) electrons. The number of aromatic nitrogens is 2. The van der Waals surface area contributed by atoms with Crippen LogP contribution in [0.3, 0.4) is 0 Å². The minimum Gasteiger partial charge on any atom is -0.336 e. The highest BCUT2D eigenvalue weighted by Crippen LogP contribution is 2.20. The number of hydrogen-bond acceptors (Lipinski definition) is 5. The molecule has 6 nitrogen and oxygen atoms in total. The van der Waals surface area contributed by atoms with E-state index < -0.39 is 0 Å². The molecule has 2 saturated heterocycles. The minimum absolute atomic E-state index is 0.00527. The molecule has 2 N–H and O–H groups in total. The van der Waals surface area contributed by atoms with Gasteiger partial charge in [-0.25, -0.2) is 4.98 Å². The Bertz CT molecular complexity index is 458. The summed E-state index contributed by atoms with van der Waals surface area (Å²) in [6, 6.07) is 0.827. The van der Waals surface area contributed by atoms with Crippen molar-refractivity contribution >= 4 is 5.91 Å². The first kappa shape index (κ1) is 13.5. The molecule has 108 valence electrons. The van der Waals surface area contributed by atoms with Gasteiger partial charge in [-0.15, -0.1) is 0 Å². The molecular formula is C14H21N5O. The number of carbonyl (C=O) groups is 1. The van der Waals surface area contributed by atoms with Crippen molar-refractivity contribution in [2.24, 2.45) is 5.73 Å².